The fourth-order valence-corrected chi connectivity index (χ4v) is 1.20. The van der Waals surface area contributed by atoms with E-state index in [-0.39, 0.29) is 6.61 Å². The summed E-state index contributed by atoms with van der Waals surface area (Å²) in [5.41, 5.74) is 0. The first-order valence-corrected chi connectivity index (χ1v) is 5.04. The van der Waals surface area contributed by atoms with E-state index in [4.69, 9.17) is 4.74 Å². The van der Waals surface area contributed by atoms with Crippen LogP contribution in [0.25, 0.3) is 0 Å². The first kappa shape index (κ1) is 14.4. The molecular weight excluding hydrogens is 216 g/mol. The zero-order chi connectivity index (χ0) is 12.1. The molecule has 0 spiro atoms. The van der Waals surface area contributed by atoms with Crippen LogP contribution in [0, 0.1) is 0 Å². The fraction of sp³-hybridized carbons (Fsp3) is 0.700. The van der Waals surface area contributed by atoms with Crippen LogP contribution in [-0.2, 0) is 28.6 Å². The molecule has 0 aromatic heterocycles. The fourth-order valence-electron chi connectivity index (χ4n) is 1.20. The summed E-state index contributed by atoms with van der Waals surface area (Å²) in [4.78, 5) is 29.9. The molecule has 0 aromatic carbocycles. The molecule has 0 saturated carbocycles. The Labute approximate surface area is 93.8 Å². The molecule has 0 aliphatic carbocycles. The minimum atomic E-state index is -0.394. The molecule has 0 radical (unpaired) electrons. The molecule has 92 valence electrons. The highest BCUT2D eigenvalue weighted by Gasteiger charge is 2.09. The van der Waals surface area contributed by atoms with E-state index < -0.39 is 6.10 Å². The van der Waals surface area contributed by atoms with Gasteiger partial charge in [0.15, 0.2) is 0 Å². The molecule has 16 heavy (non-hydrogen) atoms. The Morgan fingerprint density at radius 1 is 0.875 bits per heavy atom. The molecule has 0 aliphatic heterocycles. The standard InChI is InChI=1S/C10H16O6/c11-7-14-5-3-1-2-4-10(16-9-13)6-15-8-12/h7-10H,1-6H2. The van der Waals surface area contributed by atoms with E-state index in [2.05, 4.69) is 9.47 Å². The van der Waals surface area contributed by atoms with Crippen LogP contribution in [0.1, 0.15) is 25.7 Å². The highest BCUT2D eigenvalue weighted by Crippen LogP contribution is 2.06. The normalized spacial score (nSPS) is 11.2. The molecule has 0 bridgehead atoms. The van der Waals surface area contributed by atoms with E-state index in [0.717, 1.165) is 19.3 Å². The van der Waals surface area contributed by atoms with E-state index in [0.29, 0.717) is 32.4 Å². The predicted octanol–water partition coefficient (Wildman–Crippen LogP) is 0.434. The highest BCUT2D eigenvalue weighted by molar-refractivity contribution is 5.38. The van der Waals surface area contributed by atoms with Gasteiger partial charge in [0.25, 0.3) is 19.4 Å². The van der Waals surface area contributed by atoms with E-state index in [1.807, 2.05) is 0 Å². The third kappa shape index (κ3) is 8.98. The summed E-state index contributed by atoms with van der Waals surface area (Å²) in [6, 6.07) is 0. The Morgan fingerprint density at radius 2 is 1.62 bits per heavy atom. The van der Waals surface area contributed by atoms with Crippen molar-refractivity contribution in [3.05, 3.63) is 0 Å². The van der Waals surface area contributed by atoms with Crippen molar-refractivity contribution >= 4 is 19.4 Å². The van der Waals surface area contributed by atoms with Crippen molar-refractivity contribution in [2.75, 3.05) is 13.2 Å². The summed E-state index contributed by atoms with van der Waals surface area (Å²) in [5.74, 6) is 0. The summed E-state index contributed by atoms with van der Waals surface area (Å²) < 4.78 is 13.7. The smallest absolute Gasteiger partial charge is 0.293 e. The Bertz CT molecular complexity index is 194. The molecular formula is C10H16O6. The van der Waals surface area contributed by atoms with Gasteiger partial charge in [-0.15, -0.1) is 0 Å². The van der Waals surface area contributed by atoms with Gasteiger partial charge in [-0.2, -0.15) is 0 Å². The average molecular weight is 232 g/mol. The summed E-state index contributed by atoms with van der Waals surface area (Å²) in [6.07, 6.45) is 2.65. The minimum absolute atomic E-state index is 0.0765. The molecule has 0 rings (SSSR count). The molecule has 0 aromatic rings. The van der Waals surface area contributed by atoms with Gasteiger partial charge in [0.05, 0.1) is 6.61 Å². The van der Waals surface area contributed by atoms with Crippen LogP contribution in [0.4, 0.5) is 0 Å². The van der Waals surface area contributed by atoms with Crippen molar-refractivity contribution in [1.29, 1.82) is 0 Å². The maximum Gasteiger partial charge on any atom is 0.293 e. The predicted molar refractivity (Wildman–Crippen MR) is 53.4 cm³/mol. The second kappa shape index (κ2) is 11.5. The van der Waals surface area contributed by atoms with Crippen molar-refractivity contribution < 1.29 is 28.6 Å². The van der Waals surface area contributed by atoms with E-state index in [9.17, 15) is 14.4 Å². The van der Waals surface area contributed by atoms with E-state index in [1.54, 1.807) is 0 Å². The Morgan fingerprint density at radius 3 is 2.25 bits per heavy atom. The van der Waals surface area contributed by atoms with E-state index >= 15 is 0 Å². The van der Waals surface area contributed by atoms with Crippen molar-refractivity contribution in [3.63, 3.8) is 0 Å². The first-order valence-electron chi connectivity index (χ1n) is 5.04. The molecule has 0 saturated heterocycles. The molecule has 1 unspecified atom stereocenters. The second-order valence-corrected chi connectivity index (χ2v) is 3.10. The number of hydrogen-bond donors (Lipinski definition) is 0. The number of unbranched alkanes of at least 4 members (excludes halogenated alkanes) is 2. The third-order valence-electron chi connectivity index (χ3n) is 1.95. The number of ether oxygens (including phenoxy) is 3. The quantitative estimate of drug-likeness (QED) is 0.276. The van der Waals surface area contributed by atoms with Crippen LogP contribution in [0.5, 0.6) is 0 Å². The molecule has 0 aliphatic rings. The van der Waals surface area contributed by atoms with Crippen molar-refractivity contribution in [2.45, 2.75) is 31.8 Å². The SMILES string of the molecule is O=COCCCCCC(COC=O)OC=O. The third-order valence-corrected chi connectivity index (χ3v) is 1.95. The van der Waals surface area contributed by atoms with Gasteiger partial charge in [-0.1, -0.05) is 0 Å². The van der Waals surface area contributed by atoms with Crippen LogP contribution in [-0.4, -0.2) is 38.7 Å². The summed E-state index contributed by atoms with van der Waals surface area (Å²) in [6.45, 7) is 1.55. The highest BCUT2D eigenvalue weighted by atomic mass is 16.6. The molecule has 0 amide bonds. The van der Waals surface area contributed by atoms with Crippen molar-refractivity contribution in [1.82, 2.24) is 0 Å². The van der Waals surface area contributed by atoms with Gasteiger partial charge in [0.2, 0.25) is 0 Å². The topological polar surface area (TPSA) is 78.9 Å². The van der Waals surface area contributed by atoms with Crippen LogP contribution in [0.3, 0.4) is 0 Å². The zero-order valence-electron chi connectivity index (χ0n) is 9.00. The first-order chi connectivity index (χ1) is 7.85. The molecule has 0 N–H and O–H groups in total. The summed E-state index contributed by atoms with van der Waals surface area (Å²) >= 11 is 0. The maximum atomic E-state index is 10.1. The Hall–Kier alpha value is -1.59. The minimum Gasteiger partial charge on any atom is -0.468 e. The number of carbonyl (C=O) groups excluding carboxylic acids is 3. The van der Waals surface area contributed by atoms with E-state index in [1.165, 1.54) is 0 Å². The molecule has 6 nitrogen and oxygen atoms in total. The lowest BCUT2D eigenvalue weighted by atomic mass is 10.1. The number of hydrogen-bond acceptors (Lipinski definition) is 6. The summed E-state index contributed by atoms with van der Waals surface area (Å²) in [5, 5.41) is 0. The average Bonchev–Trinajstić information content (AvgIpc) is 2.30. The monoisotopic (exact) mass is 232 g/mol. The lowest BCUT2D eigenvalue weighted by Gasteiger charge is -2.13. The van der Waals surface area contributed by atoms with Crippen LogP contribution < -0.4 is 0 Å². The largest absolute Gasteiger partial charge is 0.468 e. The van der Waals surface area contributed by atoms with Gasteiger partial charge in [-0.3, -0.25) is 14.4 Å². The number of carbonyl (C=O) groups is 3. The zero-order valence-corrected chi connectivity index (χ0v) is 9.00. The van der Waals surface area contributed by atoms with Crippen LogP contribution >= 0.6 is 0 Å². The van der Waals surface area contributed by atoms with Crippen molar-refractivity contribution in [2.24, 2.45) is 0 Å². The summed E-state index contributed by atoms with van der Waals surface area (Å²) in [7, 11) is 0. The molecule has 6 heteroatoms. The van der Waals surface area contributed by atoms with Gasteiger partial charge < -0.3 is 14.2 Å². The molecule has 0 fully saturated rings. The van der Waals surface area contributed by atoms with Crippen LogP contribution in [0.15, 0.2) is 0 Å². The maximum absolute atomic E-state index is 10.1. The Balaban J connectivity index is 3.46. The second-order valence-electron chi connectivity index (χ2n) is 3.10. The lowest BCUT2D eigenvalue weighted by Crippen LogP contribution is -2.19. The van der Waals surface area contributed by atoms with Crippen molar-refractivity contribution in [3.8, 4) is 0 Å². The lowest BCUT2D eigenvalue weighted by molar-refractivity contribution is -0.143. The molecule has 0 heterocycles. The number of rotatable bonds is 12. The van der Waals surface area contributed by atoms with Gasteiger partial charge in [-0.25, -0.2) is 0 Å². The van der Waals surface area contributed by atoms with Gasteiger partial charge in [0, 0.05) is 0 Å². The van der Waals surface area contributed by atoms with Gasteiger partial charge in [0.1, 0.15) is 12.7 Å². The Kier molecular flexibility index (Phi) is 10.3. The molecule has 1 atom stereocenters. The van der Waals surface area contributed by atoms with Gasteiger partial charge >= 0.3 is 0 Å². The van der Waals surface area contributed by atoms with Crippen LogP contribution in [0.2, 0.25) is 0 Å². The van der Waals surface area contributed by atoms with Gasteiger partial charge in [-0.05, 0) is 25.7 Å².